The number of hydrogen-bond donors (Lipinski definition) is 0. The first-order chi connectivity index (χ1) is 14.2. The minimum Gasteiger partial charge on any atom is -0.350 e. The number of nitrogens with zero attached hydrogens (tertiary/aromatic N) is 4. The number of hydrogen-bond acceptors (Lipinski definition) is 4. The fourth-order valence-electron chi connectivity index (χ4n) is 3.46. The van der Waals surface area contributed by atoms with Crippen LogP contribution < -0.4 is 4.90 Å². The molecule has 30 heavy (non-hydrogen) atoms. The molecule has 0 spiro atoms. The van der Waals surface area contributed by atoms with Gasteiger partial charge in [-0.15, -0.1) is 10.2 Å². The molecule has 2 aromatic carbocycles. The summed E-state index contributed by atoms with van der Waals surface area (Å²) in [5.41, 5.74) is -1.87. The largest absolute Gasteiger partial charge is 0.417 e. The topological polar surface area (TPSA) is 49.3 Å². The highest BCUT2D eigenvalue weighted by Gasteiger charge is 2.39. The highest BCUT2D eigenvalue weighted by molar-refractivity contribution is 6.34. The Morgan fingerprint density at radius 3 is 2.47 bits per heavy atom. The monoisotopic (exact) mass is 438 g/mol. The third kappa shape index (κ3) is 3.54. The van der Waals surface area contributed by atoms with Gasteiger partial charge < -0.3 is 9.80 Å². The molecule has 1 fully saturated rings. The number of carbonyl (C=O) groups excluding carboxylic acids is 1. The number of alkyl halides is 3. The Bertz CT molecular complexity index is 1130. The van der Waals surface area contributed by atoms with Crippen LogP contribution in [-0.2, 0) is 6.18 Å². The van der Waals surface area contributed by atoms with Crippen molar-refractivity contribution < 1.29 is 22.4 Å². The van der Waals surface area contributed by atoms with E-state index >= 15 is 0 Å². The SMILES string of the molecule is CN(C(=O)c1ccc(F)cc1C(F)(F)F)C1CN(c2nnc(Cl)c3ccccc23)C1. The Morgan fingerprint density at radius 1 is 1.13 bits per heavy atom. The second kappa shape index (κ2) is 7.39. The van der Waals surface area contributed by atoms with Gasteiger partial charge in [0.05, 0.1) is 17.2 Å². The third-order valence-electron chi connectivity index (χ3n) is 5.17. The Balaban J connectivity index is 1.54. The zero-order valence-corrected chi connectivity index (χ0v) is 16.4. The average Bonchev–Trinajstić information content (AvgIpc) is 2.67. The maximum Gasteiger partial charge on any atom is 0.417 e. The third-order valence-corrected chi connectivity index (χ3v) is 5.45. The number of aromatic nitrogens is 2. The molecule has 156 valence electrons. The van der Waals surface area contributed by atoms with E-state index in [1.165, 1.54) is 11.9 Å². The summed E-state index contributed by atoms with van der Waals surface area (Å²) in [6.07, 6.45) is -4.84. The second-order valence-corrected chi connectivity index (χ2v) is 7.38. The Labute approximate surface area is 173 Å². The first kappa shape index (κ1) is 20.3. The van der Waals surface area contributed by atoms with Crippen molar-refractivity contribution in [2.45, 2.75) is 12.2 Å². The molecule has 0 radical (unpaired) electrons. The summed E-state index contributed by atoms with van der Waals surface area (Å²) in [7, 11) is 1.43. The molecule has 1 aliphatic rings. The average molecular weight is 439 g/mol. The number of likely N-dealkylation sites (N-methyl/N-ethyl adjacent to an activating group) is 1. The molecule has 5 nitrogen and oxygen atoms in total. The molecule has 1 aliphatic heterocycles. The van der Waals surface area contributed by atoms with Crippen molar-refractivity contribution in [2.75, 3.05) is 25.0 Å². The van der Waals surface area contributed by atoms with Gasteiger partial charge in [0.25, 0.3) is 5.91 Å². The minimum atomic E-state index is -4.84. The van der Waals surface area contributed by atoms with Crippen LogP contribution in [0, 0.1) is 5.82 Å². The van der Waals surface area contributed by atoms with Crippen LogP contribution >= 0.6 is 11.6 Å². The number of rotatable bonds is 3. The second-order valence-electron chi connectivity index (χ2n) is 7.02. The summed E-state index contributed by atoms with van der Waals surface area (Å²) in [4.78, 5) is 15.8. The molecule has 3 aromatic rings. The zero-order valence-electron chi connectivity index (χ0n) is 15.6. The van der Waals surface area contributed by atoms with Crippen molar-refractivity contribution in [3.63, 3.8) is 0 Å². The fraction of sp³-hybridized carbons (Fsp3) is 0.250. The summed E-state index contributed by atoms with van der Waals surface area (Å²) in [6, 6.07) is 9.04. The Hall–Kier alpha value is -2.94. The van der Waals surface area contributed by atoms with Gasteiger partial charge in [0.1, 0.15) is 5.82 Å². The number of benzene rings is 2. The van der Waals surface area contributed by atoms with E-state index in [-0.39, 0.29) is 11.2 Å². The van der Waals surface area contributed by atoms with Crippen LogP contribution in [0.5, 0.6) is 0 Å². The van der Waals surface area contributed by atoms with Crippen LogP contribution in [0.15, 0.2) is 42.5 Å². The van der Waals surface area contributed by atoms with Gasteiger partial charge in [0.15, 0.2) is 11.0 Å². The van der Waals surface area contributed by atoms with Gasteiger partial charge in [-0.25, -0.2) is 4.39 Å². The lowest BCUT2D eigenvalue weighted by molar-refractivity contribution is -0.138. The summed E-state index contributed by atoms with van der Waals surface area (Å²) in [5, 5.41) is 9.88. The molecule has 1 aromatic heterocycles. The molecule has 0 atom stereocenters. The summed E-state index contributed by atoms with van der Waals surface area (Å²) < 4.78 is 53.0. The predicted octanol–water partition coefficient (Wildman–Crippen LogP) is 4.40. The summed E-state index contributed by atoms with van der Waals surface area (Å²) in [6.45, 7) is 0.732. The van der Waals surface area contributed by atoms with E-state index in [0.717, 1.165) is 22.9 Å². The van der Waals surface area contributed by atoms with Crippen molar-refractivity contribution in [3.8, 4) is 0 Å². The Morgan fingerprint density at radius 2 is 1.80 bits per heavy atom. The van der Waals surface area contributed by atoms with Gasteiger partial charge in [-0.3, -0.25) is 4.79 Å². The van der Waals surface area contributed by atoms with Gasteiger partial charge in [-0.05, 0) is 18.2 Å². The van der Waals surface area contributed by atoms with Crippen LogP contribution in [0.25, 0.3) is 10.8 Å². The lowest BCUT2D eigenvalue weighted by atomic mass is 10.0. The van der Waals surface area contributed by atoms with Gasteiger partial charge in [0.2, 0.25) is 0 Å². The van der Waals surface area contributed by atoms with E-state index in [1.54, 1.807) is 0 Å². The molecule has 4 rings (SSSR count). The summed E-state index contributed by atoms with van der Waals surface area (Å²) >= 11 is 6.08. The smallest absolute Gasteiger partial charge is 0.350 e. The molecule has 0 saturated carbocycles. The molecular formula is C20H15ClF4N4O. The molecule has 0 N–H and O–H groups in total. The quantitative estimate of drug-likeness (QED) is 0.569. The van der Waals surface area contributed by atoms with Gasteiger partial charge in [-0.2, -0.15) is 13.2 Å². The van der Waals surface area contributed by atoms with Gasteiger partial charge in [-0.1, -0.05) is 35.9 Å². The maximum atomic E-state index is 13.3. The van der Waals surface area contributed by atoms with Crippen LogP contribution in [0.3, 0.4) is 0 Å². The number of carbonyl (C=O) groups is 1. The van der Waals surface area contributed by atoms with Crippen molar-refractivity contribution in [3.05, 3.63) is 64.6 Å². The normalized spacial score (nSPS) is 14.7. The minimum absolute atomic E-state index is 0.273. The standard InChI is InChI=1S/C20H15ClF4N4O/c1-28(19(30)15-7-6-11(22)8-16(15)20(23,24)25)12-9-29(10-12)18-14-5-3-2-4-13(14)17(21)26-27-18/h2-8,12H,9-10H2,1H3. The number of amides is 1. The molecule has 1 saturated heterocycles. The molecule has 0 unspecified atom stereocenters. The molecule has 2 heterocycles. The first-order valence-electron chi connectivity index (χ1n) is 8.96. The van der Waals surface area contributed by atoms with Gasteiger partial charge in [0, 0.05) is 30.9 Å². The van der Waals surface area contributed by atoms with E-state index in [4.69, 9.17) is 11.6 Å². The number of halogens is 5. The summed E-state index contributed by atoms with van der Waals surface area (Å²) in [5.74, 6) is -1.28. The van der Waals surface area contributed by atoms with Crippen LogP contribution in [0.4, 0.5) is 23.4 Å². The Kier molecular flexibility index (Phi) is 5.01. The molecule has 10 heteroatoms. The van der Waals surface area contributed by atoms with E-state index in [9.17, 15) is 22.4 Å². The lowest BCUT2D eigenvalue weighted by Gasteiger charge is -2.44. The van der Waals surface area contributed by atoms with Crippen molar-refractivity contribution in [1.29, 1.82) is 0 Å². The first-order valence-corrected chi connectivity index (χ1v) is 9.34. The molecular weight excluding hydrogens is 424 g/mol. The predicted molar refractivity (Wildman–Crippen MR) is 104 cm³/mol. The fourth-order valence-corrected chi connectivity index (χ4v) is 3.66. The number of anilines is 1. The van der Waals surface area contributed by atoms with Crippen LogP contribution in [-0.4, -0.2) is 47.2 Å². The van der Waals surface area contributed by atoms with Crippen molar-refractivity contribution in [1.82, 2.24) is 15.1 Å². The van der Waals surface area contributed by atoms with E-state index in [1.807, 2.05) is 29.2 Å². The lowest BCUT2D eigenvalue weighted by Crippen LogP contribution is -2.60. The highest BCUT2D eigenvalue weighted by Crippen LogP contribution is 2.35. The highest BCUT2D eigenvalue weighted by atomic mass is 35.5. The molecule has 0 bridgehead atoms. The maximum absolute atomic E-state index is 13.3. The van der Waals surface area contributed by atoms with Crippen LogP contribution in [0.1, 0.15) is 15.9 Å². The number of fused-ring (bicyclic) bond motifs is 1. The molecule has 1 amide bonds. The van der Waals surface area contributed by atoms with E-state index < -0.39 is 29.0 Å². The van der Waals surface area contributed by atoms with Crippen LogP contribution in [0.2, 0.25) is 5.15 Å². The van der Waals surface area contributed by atoms with Gasteiger partial charge >= 0.3 is 6.18 Å². The van der Waals surface area contributed by atoms with Crippen molar-refractivity contribution in [2.24, 2.45) is 0 Å². The van der Waals surface area contributed by atoms with E-state index in [0.29, 0.717) is 25.0 Å². The van der Waals surface area contributed by atoms with E-state index in [2.05, 4.69) is 10.2 Å². The molecule has 0 aliphatic carbocycles. The van der Waals surface area contributed by atoms with Crippen molar-refractivity contribution >= 4 is 34.1 Å². The zero-order chi connectivity index (χ0) is 21.6.